The second kappa shape index (κ2) is 9.88. The number of carbonyl (C=O) groups excluding carboxylic acids is 1. The minimum Gasteiger partial charge on any atom is -0.480 e. The Morgan fingerprint density at radius 2 is 2.05 bits per heavy atom. The quantitative estimate of drug-likeness (QED) is 0.321. The van der Waals surface area contributed by atoms with Gasteiger partial charge in [0.25, 0.3) is 5.91 Å². The third-order valence-corrected chi connectivity index (χ3v) is 10.4. The van der Waals surface area contributed by atoms with Gasteiger partial charge in [-0.05, 0) is 80.6 Å². The highest BCUT2D eigenvalue weighted by atomic mass is 16.6. The van der Waals surface area contributed by atoms with E-state index in [9.17, 15) is 19.8 Å². The highest BCUT2D eigenvalue weighted by Gasteiger charge is 2.63. The first kappa shape index (κ1) is 26.5. The number of hydrogen-bond acceptors (Lipinski definition) is 6. The van der Waals surface area contributed by atoms with Gasteiger partial charge in [0.2, 0.25) is 0 Å². The van der Waals surface area contributed by atoms with Crippen LogP contribution < -0.4 is 5.32 Å². The number of carboxylic acid groups (broad SMARTS) is 1. The number of H-pyrrole nitrogens is 1. The summed E-state index contributed by atoms with van der Waals surface area (Å²) in [6.07, 6.45) is 18.6. The molecule has 4 aliphatic rings. The lowest BCUT2D eigenvalue weighted by Gasteiger charge is -2.58. The smallest absolute Gasteiger partial charge is 0.326 e. The number of imidazole rings is 1. The number of aliphatic hydroxyl groups is 1. The Bertz CT molecular complexity index is 1190. The molecule has 7 atom stereocenters. The highest BCUT2D eigenvalue weighted by molar-refractivity contribution is 5.96. The summed E-state index contributed by atoms with van der Waals surface area (Å²) in [5, 5.41) is 27.3. The number of aromatic amines is 1. The van der Waals surface area contributed by atoms with E-state index in [2.05, 4.69) is 46.3 Å². The number of rotatable bonds is 7. The van der Waals surface area contributed by atoms with Crippen LogP contribution >= 0.6 is 0 Å². The van der Waals surface area contributed by atoms with E-state index in [0.29, 0.717) is 29.9 Å². The second-order valence-corrected chi connectivity index (χ2v) is 12.1. The maximum absolute atomic E-state index is 12.3. The van der Waals surface area contributed by atoms with Gasteiger partial charge in [-0.15, -0.1) is 6.42 Å². The van der Waals surface area contributed by atoms with E-state index in [1.807, 2.05) is 0 Å². The van der Waals surface area contributed by atoms with E-state index in [4.69, 9.17) is 11.3 Å². The largest absolute Gasteiger partial charge is 0.480 e. The van der Waals surface area contributed by atoms with Crippen LogP contribution in [0.3, 0.4) is 0 Å². The molecule has 38 heavy (non-hydrogen) atoms. The van der Waals surface area contributed by atoms with Crippen molar-refractivity contribution in [2.45, 2.75) is 83.3 Å². The molecule has 1 heterocycles. The van der Waals surface area contributed by atoms with Crippen LogP contribution in [0.25, 0.3) is 0 Å². The number of hydrogen-bond donors (Lipinski definition) is 4. The van der Waals surface area contributed by atoms with E-state index >= 15 is 0 Å². The predicted octanol–water partition coefficient (Wildman–Crippen LogP) is 3.22. The van der Waals surface area contributed by atoms with Crippen LogP contribution in [0.2, 0.25) is 0 Å². The van der Waals surface area contributed by atoms with Gasteiger partial charge in [-0.25, -0.2) is 9.78 Å². The number of nitrogens with zero attached hydrogens (tertiary/aromatic N) is 2. The number of oxime groups is 1. The van der Waals surface area contributed by atoms with Crippen LogP contribution in [0.4, 0.5) is 0 Å². The second-order valence-electron chi connectivity index (χ2n) is 12.1. The molecule has 3 fully saturated rings. The minimum absolute atomic E-state index is 0.0961. The Morgan fingerprint density at radius 3 is 2.76 bits per heavy atom. The molecule has 0 bridgehead atoms. The van der Waals surface area contributed by atoms with E-state index in [1.165, 1.54) is 18.1 Å². The standard InChI is InChI=1S/C29H38N4O5/c1-4-29(37)12-9-23-21-6-5-18-13-19(7-10-27(18,2)22(21)8-11-28(23,29)3)33-38-16-25(34)32-24(26(35)36)14-20-15-30-17-31-20/h1,13,15,17,21-24,37H,5-12,14,16H2,2-3H3,(H,30,31)(H,32,34)(H,35,36)/b33-19+/t21?,22?,23?,24?,27-,28-,29+/m0/s1. The van der Waals surface area contributed by atoms with E-state index < -0.39 is 23.5 Å². The molecule has 9 nitrogen and oxygen atoms in total. The van der Waals surface area contributed by atoms with Gasteiger partial charge < -0.3 is 25.4 Å². The molecule has 4 aliphatic carbocycles. The van der Waals surface area contributed by atoms with Crippen molar-refractivity contribution in [3.63, 3.8) is 0 Å². The molecule has 4 N–H and O–H groups in total. The Balaban J connectivity index is 1.20. The lowest BCUT2D eigenvalue weighted by atomic mass is 9.46. The lowest BCUT2D eigenvalue weighted by molar-refractivity contribution is -0.142. The Labute approximate surface area is 223 Å². The first-order valence-corrected chi connectivity index (χ1v) is 13.7. The monoisotopic (exact) mass is 522 g/mol. The molecule has 0 saturated heterocycles. The van der Waals surface area contributed by atoms with Gasteiger partial charge in [0.05, 0.1) is 12.0 Å². The summed E-state index contributed by atoms with van der Waals surface area (Å²) in [5.41, 5.74) is 1.75. The van der Waals surface area contributed by atoms with Crippen LogP contribution in [-0.2, 0) is 20.8 Å². The lowest BCUT2D eigenvalue weighted by Crippen LogP contribution is -2.54. The van der Waals surface area contributed by atoms with Crippen molar-refractivity contribution in [1.29, 1.82) is 0 Å². The summed E-state index contributed by atoms with van der Waals surface area (Å²) in [6.45, 7) is 4.25. The number of terminal acetylenes is 1. The number of aliphatic carboxylic acids is 1. The zero-order valence-corrected chi connectivity index (χ0v) is 22.2. The Kier molecular flexibility index (Phi) is 6.89. The number of aromatic nitrogens is 2. The van der Waals surface area contributed by atoms with Crippen LogP contribution in [0.15, 0.2) is 29.3 Å². The Morgan fingerprint density at radius 1 is 1.26 bits per heavy atom. The van der Waals surface area contributed by atoms with Crippen molar-refractivity contribution in [2.24, 2.45) is 33.7 Å². The molecule has 0 aromatic carbocycles. The molecule has 204 valence electrons. The summed E-state index contributed by atoms with van der Waals surface area (Å²) in [6, 6.07) is -1.08. The van der Waals surface area contributed by atoms with Gasteiger partial charge in [-0.1, -0.05) is 30.5 Å². The third-order valence-electron chi connectivity index (χ3n) is 10.4. The Hall–Kier alpha value is -3.12. The van der Waals surface area contributed by atoms with Crippen molar-refractivity contribution in [3.8, 4) is 12.3 Å². The minimum atomic E-state index is -1.13. The summed E-state index contributed by atoms with van der Waals surface area (Å²) in [4.78, 5) is 35.9. The van der Waals surface area contributed by atoms with Crippen molar-refractivity contribution in [3.05, 3.63) is 29.9 Å². The van der Waals surface area contributed by atoms with Crippen molar-refractivity contribution in [1.82, 2.24) is 15.3 Å². The number of nitrogens with one attached hydrogen (secondary N) is 2. The molecule has 3 saturated carbocycles. The van der Waals surface area contributed by atoms with E-state index in [1.54, 1.807) is 0 Å². The van der Waals surface area contributed by atoms with Gasteiger partial charge in [-0.3, -0.25) is 4.79 Å². The average molecular weight is 523 g/mol. The van der Waals surface area contributed by atoms with Gasteiger partial charge in [0.1, 0.15) is 11.6 Å². The molecule has 0 spiro atoms. The van der Waals surface area contributed by atoms with Gasteiger partial charge >= 0.3 is 5.97 Å². The van der Waals surface area contributed by atoms with Crippen molar-refractivity contribution < 1.29 is 24.6 Å². The van der Waals surface area contributed by atoms with Crippen molar-refractivity contribution >= 4 is 17.6 Å². The molecule has 1 amide bonds. The third kappa shape index (κ3) is 4.43. The molecular formula is C29H38N4O5. The van der Waals surface area contributed by atoms with Gasteiger partial charge in [0.15, 0.2) is 6.61 Å². The summed E-state index contributed by atoms with van der Waals surface area (Å²) >= 11 is 0. The highest BCUT2D eigenvalue weighted by Crippen LogP contribution is 2.67. The topological polar surface area (TPSA) is 137 Å². The van der Waals surface area contributed by atoms with Crippen LogP contribution in [0, 0.1) is 40.9 Å². The maximum Gasteiger partial charge on any atom is 0.326 e. The first-order chi connectivity index (χ1) is 18.1. The molecule has 5 rings (SSSR count). The zero-order chi connectivity index (χ0) is 27.1. The normalized spacial score (nSPS) is 37.7. The fraction of sp³-hybridized carbons (Fsp3) is 0.655. The number of fused-ring (bicyclic) bond motifs is 5. The van der Waals surface area contributed by atoms with Crippen LogP contribution in [0.1, 0.15) is 70.9 Å². The number of carbonyl (C=O) groups is 2. The predicted molar refractivity (Wildman–Crippen MR) is 141 cm³/mol. The number of amides is 1. The maximum atomic E-state index is 12.3. The average Bonchev–Trinajstić information content (AvgIpc) is 3.49. The van der Waals surface area contributed by atoms with Gasteiger partial charge in [0, 0.05) is 23.7 Å². The van der Waals surface area contributed by atoms with E-state index in [0.717, 1.165) is 50.7 Å². The number of carboxylic acids is 1. The van der Waals surface area contributed by atoms with Crippen LogP contribution in [0.5, 0.6) is 0 Å². The summed E-state index contributed by atoms with van der Waals surface area (Å²) < 4.78 is 0. The molecule has 9 heteroatoms. The SMILES string of the molecule is C#C[C@@]1(O)CCC2C3CCC4=C/C(=N/OCC(=O)NC(Cc5cnc[nH]5)C(=O)O)CC[C@]4(C)C3CC[C@@]21C. The van der Waals surface area contributed by atoms with E-state index in [-0.39, 0.29) is 23.9 Å². The first-order valence-electron chi connectivity index (χ1n) is 13.7. The fourth-order valence-electron chi connectivity index (χ4n) is 8.12. The van der Waals surface area contributed by atoms with Crippen LogP contribution in [-0.4, -0.2) is 56.0 Å². The zero-order valence-electron chi connectivity index (χ0n) is 22.2. The fourth-order valence-corrected chi connectivity index (χ4v) is 8.12. The molecule has 0 radical (unpaired) electrons. The van der Waals surface area contributed by atoms with Crippen molar-refractivity contribution in [2.75, 3.05) is 6.61 Å². The molecule has 0 aliphatic heterocycles. The molecular weight excluding hydrogens is 484 g/mol. The summed E-state index contributed by atoms with van der Waals surface area (Å²) in [7, 11) is 0. The molecule has 4 unspecified atom stereocenters. The van der Waals surface area contributed by atoms with Gasteiger partial charge in [-0.2, -0.15) is 0 Å². The molecule has 1 aromatic heterocycles. The number of allylic oxidation sites excluding steroid dienone is 2. The summed E-state index contributed by atoms with van der Waals surface area (Å²) in [5.74, 6) is 2.68. The molecule has 1 aromatic rings.